The minimum absolute atomic E-state index is 0.157. The van der Waals surface area contributed by atoms with Crippen LogP contribution < -0.4 is 10.5 Å². The Labute approximate surface area is 120 Å². The van der Waals surface area contributed by atoms with Gasteiger partial charge in [0.25, 0.3) is 0 Å². The van der Waals surface area contributed by atoms with Crippen molar-refractivity contribution < 1.29 is 4.74 Å². The van der Waals surface area contributed by atoms with Gasteiger partial charge in [-0.2, -0.15) is 0 Å². The molecule has 1 unspecified atom stereocenters. The summed E-state index contributed by atoms with van der Waals surface area (Å²) in [6, 6.07) is 10.2. The van der Waals surface area contributed by atoms with Crippen LogP contribution >= 0.6 is 15.9 Å². The molecule has 1 aliphatic rings. The van der Waals surface area contributed by atoms with E-state index in [1.54, 1.807) is 6.20 Å². The van der Waals surface area contributed by atoms with Crippen molar-refractivity contribution in [3.63, 3.8) is 0 Å². The number of nitrogens with zero attached hydrogens (tertiary/aromatic N) is 1. The van der Waals surface area contributed by atoms with E-state index in [0.29, 0.717) is 6.61 Å². The van der Waals surface area contributed by atoms with E-state index < -0.39 is 0 Å². The minimum atomic E-state index is 0.157. The van der Waals surface area contributed by atoms with Gasteiger partial charge in [-0.3, -0.25) is 4.98 Å². The fraction of sp³-hybridized carbons (Fsp3) is 0.267. The molecule has 3 nitrogen and oxygen atoms in total. The summed E-state index contributed by atoms with van der Waals surface area (Å²) >= 11 is 3.37. The highest BCUT2D eigenvalue weighted by atomic mass is 79.9. The van der Waals surface area contributed by atoms with E-state index in [4.69, 9.17) is 10.5 Å². The lowest BCUT2D eigenvalue weighted by molar-refractivity contribution is 0.298. The molecular formula is C15H15BrN2O. The quantitative estimate of drug-likeness (QED) is 0.943. The summed E-state index contributed by atoms with van der Waals surface area (Å²) in [6.45, 7) is 0.485. The first kappa shape index (κ1) is 12.6. The van der Waals surface area contributed by atoms with Crippen LogP contribution in [-0.2, 0) is 13.0 Å². The van der Waals surface area contributed by atoms with Crippen LogP contribution in [0.1, 0.15) is 29.3 Å². The van der Waals surface area contributed by atoms with Crippen molar-refractivity contribution in [1.82, 2.24) is 4.98 Å². The van der Waals surface area contributed by atoms with Crippen LogP contribution in [0.2, 0.25) is 0 Å². The molecule has 1 heterocycles. The minimum Gasteiger partial charge on any atom is -0.487 e. The molecule has 0 saturated heterocycles. The van der Waals surface area contributed by atoms with Crippen molar-refractivity contribution in [3.8, 4) is 5.75 Å². The van der Waals surface area contributed by atoms with Gasteiger partial charge in [0.05, 0.1) is 5.69 Å². The van der Waals surface area contributed by atoms with Crippen molar-refractivity contribution in [2.75, 3.05) is 0 Å². The Bertz CT molecular complexity index is 583. The Balaban J connectivity index is 1.76. The van der Waals surface area contributed by atoms with Gasteiger partial charge in [-0.25, -0.2) is 0 Å². The molecule has 4 heteroatoms. The molecule has 0 aliphatic heterocycles. The molecule has 98 valence electrons. The molecular weight excluding hydrogens is 304 g/mol. The van der Waals surface area contributed by atoms with Crippen LogP contribution in [0.25, 0.3) is 0 Å². The van der Waals surface area contributed by atoms with E-state index in [2.05, 4.69) is 27.0 Å². The molecule has 0 radical (unpaired) electrons. The SMILES string of the molecule is NC1CCc2c(OCc3ccc(Br)cn3)cccc21. The summed E-state index contributed by atoms with van der Waals surface area (Å²) in [4.78, 5) is 4.31. The molecule has 3 rings (SSSR count). The number of hydrogen-bond donors (Lipinski definition) is 1. The van der Waals surface area contributed by atoms with Crippen molar-refractivity contribution >= 4 is 15.9 Å². The fourth-order valence-corrected chi connectivity index (χ4v) is 2.67. The number of ether oxygens (including phenoxy) is 1. The summed E-state index contributed by atoms with van der Waals surface area (Å²) in [6.07, 6.45) is 3.79. The molecule has 1 aromatic heterocycles. The molecule has 0 spiro atoms. The van der Waals surface area contributed by atoms with Gasteiger partial charge < -0.3 is 10.5 Å². The maximum Gasteiger partial charge on any atom is 0.130 e. The summed E-state index contributed by atoms with van der Waals surface area (Å²) in [5.41, 5.74) is 9.47. The van der Waals surface area contributed by atoms with Crippen molar-refractivity contribution in [3.05, 3.63) is 57.8 Å². The van der Waals surface area contributed by atoms with Gasteiger partial charge >= 0.3 is 0 Å². The molecule has 2 N–H and O–H groups in total. The van der Waals surface area contributed by atoms with E-state index in [-0.39, 0.29) is 6.04 Å². The molecule has 19 heavy (non-hydrogen) atoms. The Morgan fingerprint density at radius 3 is 3.00 bits per heavy atom. The Morgan fingerprint density at radius 1 is 1.32 bits per heavy atom. The third kappa shape index (κ3) is 2.65. The van der Waals surface area contributed by atoms with Crippen LogP contribution in [0, 0.1) is 0 Å². The van der Waals surface area contributed by atoms with E-state index >= 15 is 0 Å². The predicted molar refractivity (Wildman–Crippen MR) is 78.0 cm³/mol. The second-order valence-corrected chi connectivity index (χ2v) is 5.64. The summed E-state index contributed by atoms with van der Waals surface area (Å²) in [5, 5.41) is 0. The van der Waals surface area contributed by atoms with E-state index in [1.807, 2.05) is 24.3 Å². The van der Waals surface area contributed by atoms with Gasteiger partial charge in [0.1, 0.15) is 12.4 Å². The number of halogens is 1. The zero-order valence-electron chi connectivity index (χ0n) is 10.5. The molecule has 1 aromatic carbocycles. The van der Waals surface area contributed by atoms with Crippen LogP contribution in [0.5, 0.6) is 5.75 Å². The Hall–Kier alpha value is -1.39. The number of benzene rings is 1. The van der Waals surface area contributed by atoms with Gasteiger partial charge in [-0.1, -0.05) is 12.1 Å². The second kappa shape index (κ2) is 5.31. The zero-order chi connectivity index (χ0) is 13.2. The van der Waals surface area contributed by atoms with Crippen LogP contribution in [-0.4, -0.2) is 4.98 Å². The van der Waals surface area contributed by atoms with Gasteiger partial charge in [0.15, 0.2) is 0 Å². The van der Waals surface area contributed by atoms with E-state index in [9.17, 15) is 0 Å². The van der Waals surface area contributed by atoms with E-state index in [1.165, 1.54) is 11.1 Å². The van der Waals surface area contributed by atoms with Crippen molar-refractivity contribution in [1.29, 1.82) is 0 Å². The maximum atomic E-state index is 6.07. The monoisotopic (exact) mass is 318 g/mol. The summed E-state index contributed by atoms with van der Waals surface area (Å²) in [7, 11) is 0. The highest BCUT2D eigenvalue weighted by Gasteiger charge is 2.21. The molecule has 2 aromatic rings. The molecule has 0 fully saturated rings. The lowest BCUT2D eigenvalue weighted by atomic mass is 10.1. The number of nitrogens with two attached hydrogens (primary N) is 1. The summed E-state index contributed by atoms with van der Waals surface area (Å²) < 4.78 is 6.86. The molecule has 0 amide bonds. The number of rotatable bonds is 3. The highest BCUT2D eigenvalue weighted by molar-refractivity contribution is 9.10. The maximum absolute atomic E-state index is 6.07. The number of hydrogen-bond acceptors (Lipinski definition) is 3. The topological polar surface area (TPSA) is 48.1 Å². The first-order valence-electron chi connectivity index (χ1n) is 6.34. The zero-order valence-corrected chi connectivity index (χ0v) is 12.1. The van der Waals surface area contributed by atoms with Crippen LogP contribution in [0.4, 0.5) is 0 Å². The predicted octanol–water partition coefficient (Wildman–Crippen LogP) is 3.37. The standard InChI is InChI=1S/C15H15BrN2O/c16-10-4-5-11(18-8-10)9-19-15-3-1-2-12-13(15)6-7-14(12)17/h1-5,8,14H,6-7,9,17H2. The van der Waals surface area contributed by atoms with Crippen molar-refractivity contribution in [2.45, 2.75) is 25.5 Å². The lowest BCUT2D eigenvalue weighted by Gasteiger charge is -2.11. The smallest absolute Gasteiger partial charge is 0.130 e. The van der Waals surface area contributed by atoms with Crippen LogP contribution in [0.3, 0.4) is 0 Å². The third-order valence-electron chi connectivity index (χ3n) is 3.44. The van der Waals surface area contributed by atoms with Gasteiger partial charge in [0.2, 0.25) is 0 Å². The van der Waals surface area contributed by atoms with Crippen molar-refractivity contribution in [2.24, 2.45) is 5.73 Å². The number of pyridine rings is 1. The Morgan fingerprint density at radius 2 is 2.21 bits per heavy atom. The number of aromatic nitrogens is 1. The number of fused-ring (bicyclic) bond motifs is 1. The highest BCUT2D eigenvalue weighted by Crippen LogP contribution is 2.35. The van der Waals surface area contributed by atoms with Crippen LogP contribution in [0.15, 0.2) is 41.0 Å². The van der Waals surface area contributed by atoms with Gasteiger partial charge in [-0.15, -0.1) is 0 Å². The fourth-order valence-electron chi connectivity index (χ4n) is 2.43. The van der Waals surface area contributed by atoms with Gasteiger partial charge in [-0.05, 0) is 58.1 Å². The average molecular weight is 319 g/mol. The van der Waals surface area contributed by atoms with Gasteiger partial charge in [0, 0.05) is 16.7 Å². The lowest BCUT2D eigenvalue weighted by Crippen LogP contribution is -2.05. The molecule has 1 aliphatic carbocycles. The van der Waals surface area contributed by atoms with E-state index in [0.717, 1.165) is 28.8 Å². The largest absolute Gasteiger partial charge is 0.487 e. The molecule has 1 atom stereocenters. The first-order valence-corrected chi connectivity index (χ1v) is 7.14. The normalized spacial score (nSPS) is 17.3. The average Bonchev–Trinajstić information content (AvgIpc) is 2.81. The first-order chi connectivity index (χ1) is 9.24. The molecule has 0 saturated carbocycles. The summed E-state index contributed by atoms with van der Waals surface area (Å²) in [5.74, 6) is 0.940. The Kier molecular flexibility index (Phi) is 3.53. The third-order valence-corrected chi connectivity index (χ3v) is 3.91. The molecule has 0 bridgehead atoms. The second-order valence-electron chi connectivity index (χ2n) is 4.73.